The minimum atomic E-state index is 0.467. The van der Waals surface area contributed by atoms with Crippen molar-refractivity contribution in [2.45, 2.75) is 40.0 Å². The maximum absolute atomic E-state index is 4.88. The molecule has 2 aromatic heterocycles. The first kappa shape index (κ1) is 19.3. The highest BCUT2D eigenvalue weighted by molar-refractivity contribution is 7.26. The van der Waals surface area contributed by atoms with Crippen LogP contribution in [0.3, 0.4) is 0 Å². The van der Waals surface area contributed by atoms with E-state index in [4.69, 9.17) is 4.98 Å². The van der Waals surface area contributed by atoms with E-state index >= 15 is 0 Å². The van der Waals surface area contributed by atoms with Crippen LogP contribution in [0.4, 0.5) is 0 Å². The van der Waals surface area contributed by atoms with Gasteiger partial charge in [-0.05, 0) is 58.4 Å². The van der Waals surface area contributed by atoms with E-state index < -0.39 is 0 Å². The Balaban J connectivity index is 1.80. The smallest absolute Gasteiger partial charge is 0.0880 e. The molecule has 3 aromatic carbocycles. The molecule has 0 amide bonds. The predicted octanol–water partition coefficient (Wildman–Crippen LogP) is 8.59. The lowest BCUT2D eigenvalue weighted by Gasteiger charge is -2.13. The highest BCUT2D eigenvalue weighted by Crippen LogP contribution is 2.42. The topological polar surface area (TPSA) is 12.9 Å². The van der Waals surface area contributed by atoms with Crippen LogP contribution in [0.25, 0.3) is 42.2 Å². The molecule has 1 nitrogen and oxygen atoms in total. The summed E-state index contributed by atoms with van der Waals surface area (Å²) in [5.74, 6) is 1.11. The monoisotopic (exact) mass is 409 g/mol. The zero-order chi connectivity index (χ0) is 20.8. The van der Waals surface area contributed by atoms with E-state index in [1.807, 2.05) is 17.5 Å². The van der Waals surface area contributed by atoms with E-state index in [-0.39, 0.29) is 0 Å². The largest absolute Gasteiger partial charge is 0.255 e. The fraction of sp³-hybridized carbons (Fsp3) is 0.250. The summed E-state index contributed by atoms with van der Waals surface area (Å²) in [5, 5.41) is 5.32. The van der Waals surface area contributed by atoms with Crippen LogP contribution in [0.5, 0.6) is 0 Å². The Kier molecular flexibility index (Phi) is 4.83. The molecule has 0 unspecified atom stereocenters. The quantitative estimate of drug-likeness (QED) is 0.289. The fourth-order valence-corrected chi connectivity index (χ4v) is 5.87. The van der Waals surface area contributed by atoms with Gasteiger partial charge in [-0.1, -0.05) is 70.2 Å². The first-order valence-electron chi connectivity index (χ1n) is 10.8. The molecule has 0 aliphatic carbocycles. The van der Waals surface area contributed by atoms with Crippen molar-refractivity contribution in [1.29, 1.82) is 0 Å². The van der Waals surface area contributed by atoms with Gasteiger partial charge in [0, 0.05) is 27.2 Å². The molecule has 0 spiro atoms. The van der Waals surface area contributed by atoms with Gasteiger partial charge in [-0.2, -0.15) is 0 Å². The summed E-state index contributed by atoms with van der Waals surface area (Å²) < 4.78 is 2.72. The van der Waals surface area contributed by atoms with E-state index in [9.17, 15) is 0 Å². The summed E-state index contributed by atoms with van der Waals surface area (Å²) in [7, 11) is 0. The molecule has 0 atom stereocenters. The average Bonchev–Trinajstić information content (AvgIpc) is 3.12. The SMILES string of the molecule is CC(C)Cc1cccc2c1sc1c(-c3cc(C(C)C)c4ccccc4c3)nccc12. The van der Waals surface area contributed by atoms with Crippen LogP contribution < -0.4 is 0 Å². The highest BCUT2D eigenvalue weighted by Gasteiger charge is 2.16. The van der Waals surface area contributed by atoms with Gasteiger partial charge in [0.05, 0.1) is 10.4 Å². The van der Waals surface area contributed by atoms with Crippen molar-refractivity contribution < 1.29 is 0 Å². The van der Waals surface area contributed by atoms with Crippen LogP contribution in [0.2, 0.25) is 0 Å². The van der Waals surface area contributed by atoms with Crippen molar-refractivity contribution in [3.63, 3.8) is 0 Å². The minimum Gasteiger partial charge on any atom is -0.255 e. The molecule has 5 rings (SSSR count). The number of fused-ring (bicyclic) bond motifs is 4. The van der Waals surface area contributed by atoms with Crippen LogP contribution in [0, 0.1) is 5.92 Å². The van der Waals surface area contributed by atoms with Gasteiger partial charge in [0.25, 0.3) is 0 Å². The summed E-state index contributed by atoms with van der Waals surface area (Å²) >= 11 is 1.91. The van der Waals surface area contributed by atoms with E-state index in [2.05, 4.69) is 88.4 Å². The average molecular weight is 410 g/mol. The van der Waals surface area contributed by atoms with Crippen molar-refractivity contribution in [2.24, 2.45) is 5.92 Å². The Morgan fingerprint density at radius 3 is 2.37 bits per heavy atom. The Bertz CT molecular complexity index is 1370. The number of benzene rings is 3. The molecule has 2 heterocycles. The molecule has 0 fully saturated rings. The van der Waals surface area contributed by atoms with Gasteiger partial charge in [-0.25, -0.2) is 0 Å². The Labute approximate surface area is 182 Å². The Morgan fingerprint density at radius 1 is 0.800 bits per heavy atom. The summed E-state index contributed by atoms with van der Waals surface area (Å²) in [5.41, 5.74) is 5.18. The van der Waals surface area contributed by atoms with Crippen molar-refractivity contribution >= 4 is 42.3 Å². The molecule has 0 saturated carbocycles. The zero-order valence-corrected chi connectivity index (χ0v) is 18.9. The Morgan fingerprint density at radius 2 is 1.57 bits per heavy atom. The number of nitrogens with zero attached hydrogens (tertiary/aromatic N) is 1. The minimum absolute atomic E-state index is 0.467. The summed E-state index contributed by atoms with van der Waals surface area (Å²) in [6.07, 6.45) is 3.09. The molecule has 0 N–H and O–H groups in total. The van der Waals surface area contributed by atoms with Gasteiger partial charge in [-0.15, -0.1) is 11.3 Å². The van der Waals surface area contributed by atoms with Gasteiger partial charge in [0.1, 0.15) is 0 Å². The lowest BCUT2D eigenvalue weighted by Crippen LogP contribution is -1.93. The molecule has 30 heavy (non-hydrogen) atoms. The third-order valence-corrected chi connectivity index (χ3v) is 7.22. The van der Waals surface area contributed by atoms with Gasteiger partial charge in [0.15, 0.2) is 0 Å². The molecule has 150 valence electrons. The first-order chi connectivity index (χ1) is 14.5. The normalized spacial score (nSPS) is 12.1. The number of hydrogen-bond donors (Lipinski definition) is 0. The van der Waals surface area contributed by atoms with Crippen LogP contribution >= 0.6 is 11.3 Å². The standard InChI is InChI=1S/C28H27NS/c1-17(2)14-20-9-7-11-23-24-12-13-29-26(28(24)30-27(20)23)21-15-19-8-5-6-10-22(19)25(16-21)18(3)4/h5-13,15-18H,14H2,1-4H3. The summed E-state index contributed by atoms with van der Waals surface area (Å²) in [4.78, 5) is 4.88. The Hall–Kier alpha value is -2.71. The molecule has 0 bridgehead atoms. The molecule has 0 aliphatic rings. The second-order valence-electron chi connectivity index (χ2n) is 8.97. The number of hydrogen-bond acceptors (Lipinski definition) is 2. The molecular formula is C28H27NS. The number of aromatic nitrogens is 1. The van der Waals surface area contributed by atoms with Crippen LogP contribution in [0.15, 0.2) is 66.9 Å². The predicted molar refractivity (Wildman–Crippen MR) is 133 cm³/mol. The van der Waals surface area contributed by atoms with Crippen LogP contribution in [-0.2, 0) is 6.42 Å². The molecule has 5 aromatic rings. The number of rotatable bonds is 4. The third-order valence-electron chi connectivity index (χ3n) is 5.91. The fourth-order valence-electron chi connectivity index (χ4n) is 4.54. The highest BCUT2D eigenvalue weighted by atomic mass is 32.1. The summed E-state index contributed by atoms with van der Waals surface area (Å²) in [6.45, 7) is 9.14. The molecular weight excluding hydrogens is 382 g/mol. The van der Waals surface area contributed by atoms with Crippen LogP contribution in [0.1, 0.15) is 44.7 Å². The second kappa shape index (κ2) is 7.52. The third kappa shape index (κ3) is 3.20. The number of pyridine rings is 1. The van der Waals surface area contributed by atoms with Gasteiger partial charge < -0.3 is 0 Å². The lowest BCUT2D eigenvalue weighted by molar-refractivity contribution is 0.650. The zero-order valence-electron chi connectivity index (χ0n) is 18.1. The number of thiophene rings is 1. The maximum atomic E-state index is 4.88. The van der Waals surface area contributed by atoms with Gasteiger partial charge >= 0.3 is 0 Å². The van der Waals surface area contributed by atoms with Crippen molar-refractivity contribution in [3.8, 4) is 11.3 Å². The summed E-state index contributed by atoms with van der Waals surface area (Å²) in [6, 6.07) is 22.3. The lowest BCUT2D eigenvalue weighted by atomic mass is 9.92. The molecule has 0 radical (unpaired) electrons. The van der Waals surface area contributed by atoms with E-state index in [0.29, 0.717) is 11.8 Å². The molecule has 2 heteroatoms. The van der Waals surface area contributed by atoms with Crippen molar-refractivity contribution in [2.75, 3.05) is 0 Å². The van der Waals surface area contributed by atoms with E-state index in [1.165, 1.54) is 47.6 Å². The van der Waals surface area contributed by atoms with E-state index in [1.54, 1.807) is 0 Å². The van der Waals surface area contributed by atoms with Gasteiger partial charge in [0.2, 0.25) is 0 Å². The maximum Gasteiger partial charge on any atom is 0.0880 e. The van der Waals surface area contributed by atoms with Gasteiger partial charge in [-0.3, -0.25) is 4.98 Å². The second-order valence-corrected chi connectivity index (χ2v) is 9.99. The van der Waals surface area contributed by atoms with Crippen molar-refractivity contribution in [3.05, 3.63) is 78.0 Å². The van der Waals surface area contributed by atoms with Crippen LogP contribution in [-0.4, -0.2) is 4.98 Å². The molecule has 0 saturated heterocycles. The molecule has 0 aliphatic heterocycles. The van der Waals surface area contributed by atoms with Crippen molar-refractivity contribution in [1.82, 2.24) is 4.98 Å². The van der Waals surface area contributed by atoms with E-state index in [0.717, 1.165) is 12.1 Å². The first-order valence-corrected chi connectivity index (χ1v) is 11.7.